The quantitative estimate of drug-likeness (QED) is 0.679. The number of carbonyl (C=O) groups excluding carboxylic acids is 1. The van der Waals surface area contributed by atoms with Crippen molar-refractivity contribution in [2.24, 2.45) is 0 Å². The Balaban J connectivity index is 2.22. The second-order valence-corrected chi connectivity index (χ2v) is 8.30. The summed E-state index contributed by atoms with van der Waals surface area (Å²) in [6, 6.07) is 8.15. The number of hydrogen-bond donors (Lipinski definition) is 1. The van der Waals surface area contributed by atoms with Crippen LogP contribution in [0.25, 0.3) is 11.4 Å². The van der Waals surface area contributed by atoms with E-state index in [9.17, 15) is 4.79 Å². The number of nitrogens with two attached hydrogens (primary N) is 1. The summed E-state index contributed by atoms with van der Waals surface area (Å²) in [5, 5.41) is 8.55. The summed E-state index contributed by atoms with van der Waals surface area (Å²) in [6.07, 6.45) is 0. The van der Waals surface area contributed by atoms with Gasteiger partial charge in [-0.2, -0.15) is 0 Å². The lowest BCUT2D eigenvalue weighted by molar-refractivity contribution is -0.127. The van der Waals surface area contributed by atoms with Gasteiger partial charge in [0.1, 0.15) is 0 Å². The molecular formula is C17H25N5OS. The molecule has 0 aliphatic heterocycles. The Kier molecular flexibility index (Phi) is 5.22. The number of nitrogens with zero attached hydrogens (tertiary/aromatic N) is 4. The third-order valence-electron chi connectivity index (χ3n) is 3.74. The van der Waals surface area contributed by atoms with Crippen LogP contribution in [0.15, 0.2) is 29.4 Å². The van der Waals surface area contributed by atoms with Crippen LogP contribution in [0.1, 0.15) is 33.3 Å². The maximum Gasteiger partial charge on any atom is 0.235 e. The summed E-state index contributed by atoms with van der Waals surface area (Å²) in [4.78, 5) is 13.5. The Bertz CT molecular complexity index is 716. The van der Waals surface area contributed by atoms with E-state index >= 15 is 0 Å². The number of amides is 1. The van der Waals surface area contributed by atoms with Crippen LogP contribution in [0.5, 0.6) is 0 Å². The number of hydrogen-bond acceptors (Lipinski definition) is 5. The third-order valence-corrected chi connectivity index (χ3v) is 4.79. The van der Waals surface area contributed by atoms with Gasteiger partial charge in [0.15, 0.2) is 5.82 Å². The zero-order valence-electron chi connectivity index (χ0n) is 15.1. The van der Waals surface area contributed by atoms with Gasteiger partial charge in [-0.05, 0) is 17.9 Å². The highest BCUT2D eigenvalue weighted by molar-refractivity contribution is 8.00. The molecule has 6 nitrogen and oxygen atoms in total. The summed E-state index contributed by atoms with van der Waals surface area (Å²) in [6.45, 7) is 8.35. The molecule has 0 spiro atoms. The average Bonchev–Trinajstić information content (AvgIpc) is 2.86. The molecule has 1 unspecified atom stereocenters. The molecule has 0 aliphatic rings. The smallest absolute Gasteiger partial charge is 0.235 e. The number of thioether (sulfide) groups is 1. The Morgan fingerprint density at radius 3 is 2.29 bits per heavy atom. The fourth-order valence-corrected chi connectivity index (χ4v) is 3.16. The molecule has 0 radical (unpaired) electrons. The van der Waals surface area contributed by atoms with Gasteiger partial charge in [0.2, 0.25) is 11.1 Å². The molecule has 2 N–H and O–H groups in total. The van der Waals surface area contributed by atoms with Crippen molar-refractivity contribution in [3.63, 3.8) is 0 Å². The van der Waals surface area contributed by atoms with Gasteiger partial charge in [-0.1, -0.05) is 56.8 Å². The van der Waals surface area contributed by atoms with E-state index in [4.69, 9.17) is 5.84 Å². The monoisotopic (exact) mass is 347 g/mol. The highest BCUT2D eigenvalue weighted by Crippen LogP contribution is 2.27. The first kappa shape index (κ1) is 18.3. The van der Waals surface area contributed by atoms with E-state index < -0.39 is 0 Å². The molecule has 7 heteroatoms. The molecule has 2 aromatic rings. The number of benzene rings is 1. The summed E-state index contributed by atoms with van der Waals surface area (Å²) in [5.41, 5.74) is 2.24. The van der Waals surface area contributed by atoms with E-state index in [1.807, 2.05) is 19.1 Å². The molecule has 2 rings (SSSR count). The van der Waals surface area contributed by atoms with Crippen molar-refractivity contribution >= 4 is 17.7 Å². The van der Waals surface area contributed by atoms with Gasteiger partial charge < -0.3 is 10.7 Å². The van der Waals surface area contributed by atoms with Crippen LogP contribution in [-0.4, -0.2) is 45.0 Å². The number of carbonyl (C=O) groups is 1. The molecule has 1 amide bonds. The van der Waals surface area contributed by atoms with Gasteiger partial charge in [-0.25, -0.2) is 4.68 Å². The first-order chi connectivity index (χ1) is 11.1. The Hall–Kier alpha value is -2.02. The zero-order valence-corrected chi connectivity index (χ0v) is 15.9. The molecular weight excluding hydrogens is 322 g/mol. The van der Waals surface area contributed by atoms with E-state index in [-0.39, 0.29) is 16.6 Å². The van der Waals surface area contributed by atoms with E-state index in [2.05, 4.69) is 43.1 Å². The summed E-state index contributed by atoms with van der Waals surface area (Å²) in [5.74, 6) is 6.73. The molecule has 1 heterocycles. The maximum absolute atomic E-state index is 12.0. The van der Waals surface area contributed by atoms with Crippen LogP contribution in [0.3, 0.4) is 0 Å². The summed E-state index contributed by atoms with van der Waals surface area (Å²) < 4.78 is 1.44. The maximum atomic E-state index is 12.0. The molecule has 0 fully saturated rings. The summed E-state index contributed by atoms with van der Waals surface area (Å²) >= 11 is 1.30. The minimum absolute atomic E-state index is 0.0130. The van der Waals surface area contributed by atoms with Crippen molar-refractivity contribution in [3.05, 3.63) is 29.8 Å². The largest absolute Gasteiger partial charge is 0.348 e. The highest BCUT2D eigenvalue weighted by Gasteiger charge is 2.21. The van der Waals surface area contributed by atoms with Gasteiger partial charge in [0.25, 0.3) is 0 Å². The lowest BCUT2D eigenvalue weighted by Gasteiger charge is -2.19. The van der Waals surface area contributed by atoms with Gasteiger partial charge in [0, 0.05) is 19.7 Å². The lowest BCUT2D eigenvalue weighted by atomic mass is 9.87. The van der Waals surface area contributed by atoms with Crippen LogP contribution in [0.2, 0.25) is 0 Å². The normalized spacial score (nSPS) is 12.9. The van der Waals surface area contributed by atoms with E-state index in [1.54, 1.807) is 19.0 Å². The Morgan fingerprint density at radius 1 is 1.21 bits per heavy atom. The van der Waals surface area contributed by atoms with Crippen molar-refractivity contribution in [3.8, 4) is 11.4 Å². The molecule has 1 aromatic heterocycles. The second-order valence-electron chi connectivity index (χ2n) is 7.00. The van der Waals surface area contributed by atoms with Crippen molar-refractivity contribution in [2.75, 3.05) is 19.9 Å². The predicted octanol–water partition coefficient (Wildman–Crippen LogP) is 2.53. The molecule has 24 heavy (non-hydrogen) atoms. The van der Waals surface area contributed by atoms with E-state index in [1.165, 1.54) is 22.0 Å². The van der Waals surface area contributed by atoms with Crippen molar-refractivity contribution in [1.82, 2.24) is 19.8 Å². The van der Waals surface area contributed by atoms with Crippen molar-refractivity contribution in [1.29, 1.82) is 0 Å². The molecule has 0 saturated heterocycles. The van der Waals surface area contributed by atoms with E-state index in [0.717, 1.165) is 5.56 Å². The third kappa shape index (κ3) is 3.90. The van der Waals surface area contributed by atoms with Gasteiger partial charge in [0.05, 0.1) is 5.25 Å². The second kappa shape index (κ2) is 6.84. The molecule has 0 saturated carbocycles. The van der Waals surface area contributed by atoms with Crippen molar-refractivity contribution < 1.29 is 4.79 Å². The van der Waals surface area contributed by atoms with Gasteiger partial charge >= 0.3 is 0 Å². The fraction of sp³-hybridized carbons (Fsp3) is 0.471. The van der Waals surface area contributed by atoms with Crippen LogP contribution >= 0.6 is 11.8 Å². The number of nitrogen functional groups attached to an aromatic ring is 1. The molecule has 0 aliphatic carbocycles. The summed E-state index contributed by atoms with van der Waals surface area (Å²) in [7, 11) is 3.46. The lowest BCUT2D eigenvalue weighted by Crippen LogP contribution is -2.30. The molecule has 1 atom stereocenters. The Labute approximate surface area is 147 Å². The SMILES string of the molecule is CC(Sc1nnc(-c2ccc(C(C)(C)C)cc2)n1N)C(=O)N(C)C. The van der Waals surface area contributed by atoms with Crippen LogP contribution in [0.4, 0.5) is 0 Å². The van der Waals surface area contributed by atoms with Crippen LogP contribution in [-0.2, 0) is 10.2 Å². The average molecular weight is 347 g/mol. The van der Waals surface area contributed by atoms with Gasteiger partial charge in [-0.15, -0.1) is 10.2 Å². The van der Waals surface area contributed by atoms with E-state index in [0.29, 0.717) is 11.0 Å². The fourth-order valence-electron chi connectivity index (χ4n) is 2.25. The van der Waals surface area contributed by atoms with Crippen LogP contribution in [0, 0.1) is 0 Å². The van der Waals surface area contributed by atoms with Crippen LogP contribution < -0.4 is 5.84 Å². The number of rotatable bonds is 4. The number of aromatic nitrogens is 3. The minimum Gasteiger partial charge on any atom is -0.348 e. The first-order valence-electron chi connectivity index (χ1n) is 7.80. The molecule has 0 bridgehead atoms. The molecule has 1 aromatic carbocycles. The zero-order chi connectivity index (χ0) is 18.1. The first-order valence-corrected chi connectivity index (χ1v) is 8.68. The minimum atomic E-state index is -0.275. The molecule has 130 valence electrons. The topological polar surface area (TPSA) is 77.0 Å². The highest BCUT2D eigenvalue weighted by atomic mass is 32.2. The van der Waals surface area contributed by atoms with Crippen molar-refractivity contribution in [2.45, 2.75) is 43.5 Å². The van der Waals surface area contributed by atoms with Gasteiger partial charge in [-0.3, -0.25) is 4.79 Å². The Morgan fingerprint density at radius 2 is 1.79 bits per heavy atom. The predicted molar refractivity (Wildman–Crippen MR) is 98.3 cm³/mol. The standard InChI is InChI=1S/C17H25N5OS/c1-11(15(23)21(5)6)24-16-20-19-14(22(16)18)12-7-9-13(10-8-12)17(2,3)4/h7-11H,18H2,1-6H3.